The Balaban J connectivity index is 0.000000530. The van der Waals surface area contributed by atoms with Crippen LogP contribution in [0.15, 0.2) is 89.6 Å². The smallest absolute Gasteiger partial charge is 0.251 e. The molecule has 1 fully saturated rings. The van der Waals surface area contributed by atoms with Crippen molar-refractivity contribution in [2.45, 2.75) is 107 Å². The Hall–Kier alpha value is -5.07. The van der Waals surface area contributed by atoms with Gasteiger partial charge in [0.05, 0.1) is 17.7 Å². The SMILES string of the molecule is CC.CC(C)=O.CCC(C)C(=O)NCC1CC1.CC[C@H](C)NC(=O)c1cc(C(=O)N[C@H](C)c2ccccc2)cc(-c2ccccc2C#N)c1.Cc1ccsc1. The summed E-state index contributed by atoms with van der Waals surface area (Å²) >= 11 is 1.74. The van der Waals surface area contributed by atoms with Crippen LogP contribution in [0, 0.1) is 30.1 Å². The summed E-state index contributed by atoms with van der Waals surface area (Å²) in [5, 5.41) is 22.6. The number of rotatable bonds is 11. The largest absolute Gasteiger partial charge is 0.356 e. The van der Waals surface area contributed by atoms with Gasteiger partial charge in [0.2, 0.25) is 5.91 Å². The molecule has 296 valence electrons. The second-order valence-corrected chi connectivity index (χ2v) is 14.3. The Morgan fingerprint density at radius 1 is 0.818 bits per heavy atom. The second kappa shape index (κ2) is 26.7. The van der Waals surface area contributed by atoms with Gasteiger partial charge in [0, 0.05) is 29.6 Å². The molecule has 55 heavy (non-hydrogen) atoms. The van der Waals surface area contributed by atoms with Gasteiger partial charge in [-0.15, -0.1) is 0 Å². The third-order valence-electron chi connectivity index (χ3n) is 8.44. The predicted molar refractivity (Wildman–Crippen MR) is 228 cm³/mol. The van der Waals surface area contributed by atoms with E-state index in [1.807, 2.05) is 90.9 Å². The highest BCUT2D eigenvalue weighted by Gasteiger charge is 2.22. The molecule has 3 N–H and O–H groups in total. The molecule has 0 bridgehead atoms. The van der Waals surface area contributed by atoms with Crippen LogP contribution in [0.1, 0.15) is 131 Å². The molecule has 1 saturated carbocycles. The maximum atomic E-state index is 13.1. The van der Waals surface area contributed by atoms with Crippen LogP contribution in [0.5, 0.6) is 0 Å². The first-order valence-electron chi connectivity index (χ1n) is 19.3. The van der Waals surface area contributed by atoms with Gasteiger partial charge in [-0.05, 0) is 130 Å². The van der Waals surface area contributed by atoms with Crippen molar-refractivity contribution in [3.05, 3.63) is 117 Å². The standard InChI is InChI=1S/C27H27N3O2.C9H17NO.C5H6S.C3H6O.C2H6/c1-4-18(2)29-26(31)23-14-22(25-13-9-8-12-21(25)17-28)15-24(16-23)27(32)30-19(3)20-10-6-5-7-11-20;1-3-7(2)9(11)10-6-8-4-5-8;1-5-2-3-6-4-5;1-3(2)4;1-2/h5-16,18-19H,4H2,1-3H3,(H,29,31)(H,30,32);7-8H,3-6H2,1-2H3,(H,10,11);2-4H,1H3;1-2H3;1-2H3/t18-,19+;;;;/m0..../s1. The Bertz CT molecular complexity index is 1780. The maximum absolute atomic E-state index is 13.1. The Kier molecular flexibility index (Phi) is 23.2. The number of nitrogens with one attached hydrogen (secondary N) is 3. The van der Waals surface area contributed by atoms with Crippen molar-refractivity contribution in [1.82, 2.24) is 16.0 Å². The van der Waals surface area contributed by atoms with Crippen molar-refractivity contribution >= 4 is 34.8 Å². The number of Topliss-reactive ketones (excluding diaryl/α,β-unsaturated/α-hetero) is 1. The number of aryl methyl sites for hydroxylation is 1. The molecule has 0 saturated heterocycles. The van der Waals surface area contributed by atoms with E-state index < -0.39 is 0 Å². The average molecular weight is 767 g/mol. The molecule has 1 aliphatic carbocycles. The molecule has 3 atom stereocenters. The molecule has 0 radical (unpaired) electrons. The predicted octanol–water partition coefficient (Wildman–Crippen LogP) is 10.5. The first-order valence-corrected chi connectivity index (χ1v) is 20.3. The van der Waals surface area contributed by atoms with E-state index in [2.05, 4.69) is 45.8 Å². The van der Waals surface area contributed by atoms with E-state index in [0.29, 0.717) is 27.8 Å². The summed E-state index contributed by atoms with van der Waals surface area (Å²) < 4.78 is 0. The van der Waals surface area contributed by atoms with Gasteiger partial charge in [-0.1, -0.05) is 83.1 Å². The fourth-order valence-electron chi connectivity index (χ4n) is 4.65. The topological polar surface area (TPSA) is 128 Å². The van der Waals surface area contributed by atoms with Crippen molar-refractivity contribution in [3.8, 4) is 17.2 Å². The number of amides is 3. The highest BCUT2D eigenvalue weighted by Crippen LogP contribution is 2.28. The number of nitriles is 1. The maximum Gasteiger partial charge on any atom is 0.251 e. The lowest BCUT2D eigenvalue weighted by Crippen LogP contribution is -2.32. The summed E-state index contributed by atoms with van der Waals surface area (Å²) in [6.45, 7) is 19.9. The molecule has 1 unspecified atom stereocenters. The van der Waals surface area contributed by atoms with Crippen LogP contribution in [0.2, 0.25) is 0 Å². The number of hydrogen-bond acceptors (Lipinski definition) is 6. The monoisotopic (exact) mass is 766 g/mol. The summed E-state index contributed by atoms with van der Waals surface area (Å²) in [5.41, 5.74) is 4.91. The zero-order valence-electron chi connectivity index (χ0n) is 34.5. The van der Waals surface area contributed by atoms with Crippen LogP contribution in [-0.4, -0.2) is 36.1 Å². The summed E-state index contributed by atoms with van der Waals surface area (Å²) in [6, 6.07) is 26.0. The van der Waals surface area contributed by atoms with E-state index in [-0.39, 0.29) is 41.5 Å². The number of nitrogens with zero attached hydrogens (tertiary/aromatic N) is 1. The van der Waals surface area contributed by atoms with Gasteiger partial charge < -0.3 is 20.7 Å². The molecule has 8 nitrogen and oxygen atoms in total. The minimum absolute atomic E-state index is 0.00734. The minimum Gasteiger partial charge on any atom is -0.356 e. The molecule has 1 aliphatic rings. The Morgan fingerprint density at radius 2 is 1.38 bits per heavy atom. The van der Waals surface area contributed by atoms with Gasteiger partial charge in [-0.3, -0.25) is 14.4 Å². The third kappa shape index (κ3) is 19.2. The molecule has 3 amide bonds. The molecule has 9 heteroatoms. The summed E-state index contributed by atoms with van der Waals surface area (Å²) in [6.07, 6.45) is 4.35. The molecule has 0 aliphatic heterocycles. The lowest BCUT2D eigenvalue weighted by atomic mass is 9.95. The van der Waals surface area contributed by atoms with E-state index >= 15 is 0 Å². The molecule has 0 spiro atoms. The lowest BCUT2D eigenvalue weighted by Gasteiger charge is -2.17. The van der Waals surface area contributed by atoms with Crippen molar-refractivity contribution in [2.75, 3.05) is 6.54 Å². The van der Waals surface area contributed by atoms with E-state index in [4.69, 9.17) is 0 Å². The lowest BCUT2D eigenvalue weighted by molar-refractivity contribution is -0.124. The number of thiophene rings is 1. The third-order valence-corrected chi connectivity index (χ3v) is 9.24. The first kappa shape index (κ1) is 48.0. The van der Waals surface area contributed by atoms with E-state index in [1.54, 1.807) is 41.7 Å². The fourth-order valence-corrected chi connectivity index (χ4v) is 5.32. The number of ketones is 1. The van der Waals surface area contributed by atoms with Gasteiger partial charge in [-0.2, -0.15) is 16.6 Å². The Morgan fingerprint density at radius 3 is 1.85 bits per heavy atom. The second-order valence-electron chi connectivity index (χ2n) is 13.6. The van der Waals surface area contributed by atoms with Crippen LogP contribution in [0.3, 0.4) is 0 Å². The van der Waals surface area contributed by atoms with E-state index in [0.717, 1.165) is 30.9 Å². The molecule has 5 rings (SSSR count). The van der Waals surface area contributed by atoms with Crippen LogP contribution < -0.4 is 16.0 Å². The molecule has 1 aromatic heterocycles. The molecular formula is C46H62N4O4S. The van der Waals surface area contributed by atoms with Crippen LogP contribution in [0.4, 0.5) is 0 Å². The van der Waals surface area contributed by atoms with Gasteiger partial charge in [-0.25, -0.2) is 0 Å². The van der Waals surface area contributed by atoms with Gasteiger partial charge in [0.15, 0.2) is 0 Å². The van der Waals surface area contributed by atoms with Crippen LogP contribution >= 0.6 is 11.3 Å². The molecule has 4 aromatic rings. The number of carbonyl (C=O) groups is 4. The molecule has 1 heterocycles. The van der Waals surface area contributed by atoms with Gasteiger partial charge in [0.1, 0.15) is 5.78 Å². The van der Waals surface area contributed by atoms with Crippen molar-refractivity contribution in [3.63, 3.8) is 0 Å². The highest BCUT2D eigenvalue weighted by molar-refractivity contribution is 7.07. The quantitative estimate of drug-likeness (QED) is 0.140. The number of benzene rings is 3. The normalized spacial score (nSPS) is 12.6. The first-order chi connectivity index (χ1) is 26.3. The highest BCUT2D eigenvalue weighted by atomic mass is 32.1. The minimum atomic E-state index is -0.282. The molecule has 3 aromatic carbocycles. The van der Waals surface area contributed by atoms with E-state index in [1.165, 1.54) is 32.3 Å². The van der Waals surface area contributed by atoms with Crippen LogP contribution in [-0.2, 0) is 9.59 Å². The Labute approximate surface area is 334 Å². The fraction of sp³-hybridized carbons (Fsp3) is 0.413. The number of carbonyl (C=O) groups excluding carboxylic acids is 4. The zero-order chi connectivity index (χ0) is 41.3. The van der Waals surface area contributed by atoms with Gasteiger partial charge in [0.25, 0.3) is 11.8 Å². The summed E-state index contributed by atoms with van der Waals surface area (Å²) in [7, 11) is 0. The molecular weight excluding hydrogens is 705 g/mol. The van der Waals surface area contributed by atoms with Crippen molar-refractivity contribution in [2.24, 2.45) is 11.8 Å². The summed E-state index contributed by atoms with van der Waals surface area (Å²) in [5.74, 6) is 0.840. The number of hydrogen-bond donors (Lipinski definition) is 3. The summed E-state index contributed by atoms with van der Waals surface area (Å²) in [4.78, 5) is 46.6. The van der Waals surface area contributed by atoms with Crippen molar-refractivity contribution < 1.29 is 19.2 Å². The zero-order valence-corrected chi connectivity index (χ0v) is 35.3. The van der Waals surface area contributed by atoms with E-state index in [9.17, 15) is 24.4 Å². The average Bonchev–Trinajstić information content (AvgIpc) is 3.92. The van der Waals surface area contributed by atoms with Crippen molar-refractivity contribution in [1.29, 1.82) is 5.26 Å². The van der Waals surface area contributed by atoms with Gasteiger partial charge >= 0.3 is 0 Å². The van der Waals surface area contributed by atoms with Crippen LogP contribution in [0.25, 0.3) is 11.1 Å².